The van der Waals surface area contributed by atoms with Crippen molar-refractivity contribution in [2.24, 2.45) is 0 Å². The molecule has 1 amide bonds. The van der Waals surface area contributed by atoms with E-state index in [4.69, 9.17) is 11.6 Å². The van der Waals surface area contributed by atoms with Gasteiger partial charge < -0.3 is 9.80 Å². The molecule has 28 heavy (non-hydrogen) atoms. The monoisotopic (exact) mass is 395 g/mol. The predicted octanol–water partition coefficient (Wildman–Crippen LogP) is 3.76. The van der Waals surface area contributed by atoms with Gasteiger partial charge in [0.15, 0.2) is 0 Å². The van der Waals surface area contributed by atoms with Gasteiger partial charge in [0, 0.05) is 49.7 Å². The van der Waals surface area contributed by atoms with Gasteiger partial charge in [0.2, 0.25) is 5.95 Å². The molecule has 0 unspecified atom stereocenters. The zero-order valence-corrected chi connectivity index (χ0v) is 16.7. The largest absolute Gasteiger partial charge is 0.337 e. The van der Waals surface area contributed by atoms with Crippen molar-refractivity contribution in [1.29, 1.82) is 0 Å². The Morgan fingerprint density at radius 3 is 2.57 bits per heavy atom. The minimum Gasteiger partial charge on any atom is -0.337 e. The minimum atomic E-state index is -0.0168. The number of benzene rings is 1. The first-order valence-electron chi connectivity index (χ1n) is 9.45. The fourth-order valence-electron chi connectivity index (χ4n) is 3.43. The van der Waals surface area contributed by atoms with Gasteiger partial charge in [-0.05, 0) is 36.2 Å². The van der Waals surface area contributed by atoms with Gasteiger partial charge in [0.05, 0.1) is 16.1 Å². The molecule has 0 radical (unpaired) electrons. The summed E-state index contributed by atoms with van der Waals surface area (Å²) in [4.78, 5) is 30.6. The van der Waals surface area contributed by atoms with Crippen molar-refractivity contribution in [3.63, 3.8) is 0 Å². The summed E-state index contributed by atoms with van der Waals surface area (Å²) in [6, 6.07) is 9.19. The molecule has 0 atom stereocenters. The highest BCUT2D eigenvalue weighted by Crippen LogP contribution is 2.26. The molecule has 144 valence electrons. The first kappa shape index (κ1) is 18.6. The Balaban J connectivity index is 1.51. The van der Waals surface area contributed by atoms with Gasteiger partial charge in [-0.2, -0.15) is 0 Å². The lowest BCUT2D eigenvalue weighted by atomic mass is 10.1. The highest BCUT2D eigenvalue weighted by Gasteiger charge is 2.25. The first-order chi connectivity index (χ1) is 13.5. The van der Waals surface area contributed by atoms with Crippen molar-refractivity contribution in [3.8, 4) is 0 Å². The summed E-state index contributed by atoms with van der Waals surface area (Å²) < 4.78 is 0. The van der Waals surface area contributed by atoms with Crippen LogP contribution in [0.15, 0.2) is 42.7 Å². The van der Waals surface area contributed by atoms with Gasteiger partial charge in [0.1, 0.15) is 0 Å². The Morgan fingerprint density at radius 1 is 1.04 bits per heavy atom. The lowest BCUT2D eigenvalue weighted by Gasteiger charge is -2.35. The number of carbonyl (C=O) groups excluding carboxylic acids is 1. The number of rotatable bonds is 3. The van der Waals surface area contributed by atoms with Crippen LogP contribution in [0.5, 0.6) is 0 Å². The average molecular weight is 396 g/mol. The molecule has 3 aromatic rings. The number of piperazine rings is 1. The van der Waals surface area contributed by atoms with Crippen LogP contribution in [-0.2, 0) is 0 Å². The van der Waals surface area contributed by atoms with E-state index in [0.29, 0.717) is 48.2 Å². The van der Waals surface area contributed by atoms with Crippen molar-refractivity contribution >= 4 is 34.4 Å². The second-order valence-electron chi connectivity index (χ2n) is 7.21. The molecular formula is C21H22ClN5O. The molecule has 0 N–H and O–H groups in total. The van der Waals surface area contributed by atoms with Gasteiger partial charge in [-0.25, -0.2) is 9.97 Å². The Morgan fingerprint density at radius 2 is 1.82 bits per heavy atom. The highest BCUT2D eigenvalue weighted by molar-refractivity contribution is 6.36. The molecule has 1 aromatic carbocycles. The SMILES string of the molecule is CC(C)c1ccnc(N2CCN(C(=O)c3ccc(Cl)c4cccnc34)CC2)n1. The molecule has 3 heterocycles. The minimum absolute atomic E-state index is 0.0168. The molecule has 7 heteroatoms. The molecule has 1 saturated heterocycles. The summed E-state index contributed by atoms with van der Waals surface area (Å²) >= 11 is 6.26. The maximum Gasteiger partial charge on any atom is 0.256 e. The number of anilines is 1. The number of hydrogen-bond acceptors (Lipinski definition) is 5. The summed E-state index contributed by atoms with van der Waals surface area (Å²) in [5, 5.41) is 1.40. The van der Waals surface area contributed by atoms with Crippen LogP contribution in [0.3, 0.4) is 0 Å². The summed E-state index contributed by atoms with van der Waals surface area (Å²) in [6.07, 6.45) is 3.49. The van der Waals surface area contributed by atoms with E-state index in [0.717, 1.165) is 17.0 Å². The van der Waals surface area contributed by atoms with Crippen molar-refractivity contribution in [3.05, 3.63) is 59.0 Å². The number of amides is 1. The molecular weight excluding hydrogens is 374 g/mol. The van der Waals surface area contributed by atoms with Crippen LogP contribution in [0.25, 0.3) is 10.9 Å². The Labute approximate surface area is 169 Å². The molecule has 0 spiro atoms. The van der Waals surface area contributed by atoms with E-state index >= 15 is 0 Å². The normalized spacial score (nSPS) is 14.7. The Bertz CT molecular complexity index is 1010. The van der Waals surface area contributed by atoms with Crippen molar-refractivity contribution in [2.45, 2.75) is 19.8 Å². The van der Waals surface area contributed by atoms with Gasteiger partial charge in [0.25, 0.3) is 5.91 Å². The summed E-state index contributed by atoms with van der Waals surface area (Å²) in [6.45, 7) is 6.87. The van der Waals surface area contributed by atoms with E-state index in [-0.39, 0.29) is 5.91 Å². The molecule has 0 bridgehead atoms. The van der Waals surface area contributed by atoms with E-state index in [1.54, 1.807) is 24.5 Å². The maximum absolute atomic E-state index is 13.1. The fraction of sp³-hybridized carbons (Fsp3) is 0.333. The molecule has 1 aliphatic heterocycles. The number of nitrogens with zero attached hydrogens (tertiary/aromatic N) is 5. The lowest BCUT2D eigenvalue weighted by Crippen LogP contribution is -2.49. The average Bonchev–Trinajstić information content (AvgIpc) is 2.74. The van der Waals surface area contributed by atoms with Crippen LogP contribution in [0.4, 0.5) is 5.95 Å². The molecule has 1 aliphatic rings. The first-order valence-corrected chi connectivity index (χ1v) is 9.83. The van der Waals surface area contributed by atoms with Gasteiger partial charge in [-0.3, -0.25) is 9.78 Å². The topological polar surface area (TPSA) is 62.2 Å². The second kappa shape index (κ2) is 7.72. The molecule has 2 aromatic heterocycles. The Kier molecular flexibility index (Phi) is 5.13. The van der Waals surface area contributed by atoms with E-state index in [9.17, 15) is 4.79 Å². The van der Waals surface area contributed by atoms with Gasteiger partial charge in [-0.15, -0.1) is 0 Å². The van der Waals surface area contributed by atoms with Gasteiger partial charge in [-0.1, -0.05) is 25.4 Å². The zero-order valence-electron chi connectivity index (χ0n) is 16.0. The highest BCUT2D eigenvalue weighted by atomic mass is 35.5. The summed E-state index contributed by atoms with van der Waals surface area (Å²) in [5.41, 5.74) is 2.27. The van der Waals surface area contributed by atoms with Gasteiger partial charge >= 0.3 is 0 Å². The number of pyridine rings is 1. The number of carbonyl (C=O) groups is 1. The van der Waals surface area contributed by atoms with Crippen molar-refractivity contribution < 1.29 is 4.79 Å². The smallest absolute Gasteiger partial charge is 0.256 e. The number of hydrogen-bond donors (Lipinski definition) is 0. The third-order valence-corrected chi connectivity index (χ3v) is 5.38. The Hall–Kier alpha value is -2.73. The van der Waals surface area contributed by atoms with E-state index in [2.05, 4.69) is 33.7 Å². The third kappa shape index (κ3) is 3.52. The molecule has 1 fully saturated rings. The van der Waals surface area contributed by atoms with Crippen LogP contribution < -0.4 is 4.90 Å². The number of fused-ring (bicyclic) bond motifs is 1. The fourth-order valence-corrected chi connectivity index (χ4v) is 3.64. The second-order valence-corrected chi connectivity index (χ2v) is 7.62. The van der Waals surface area contributed by atoms with Crippen molar-refractivity contribution in [2.75, 3.05) is 31.1 Å². The predicted molar refractivity (Wildman–Crippen MR) is 111 cm³/mol. The molecule has 0 saturated carbocycles. The quantitative estimate of drug-likeness (QED) is 0.675. The van der Waals surface area contributed by atoms with Crippen molar-refractivity contribution in [1.82, 2.24) is 19.9 Å². The van der Waals surface area contributed by atoms with Crippen LogP contribution in [0.2, 0.25) is 5.02 Å². The van der Waals surface area contributed by atoms with E-state index in [1.165, 1.54) is 0 Å². The lowest BCUT2D eigenvalue weighted by molar-refractivity contribution is 0.0748. The number of aromatic nitrogens is 3. The molecule has 4 rings (SSSR count). The van der Waals surface area contributed by atoms with Crippen LogP contribution >= 0.6 is 11.6 Å². The van der Waals surface area contributed by atoms with E-state index < -0.39 is 0 Å². The summed E-state index contributed by atoms with van der Waals surface area (Å²) in [5.74, 6) is 1.07. The number of halogens is 1. The zero-order chi connectivity index (χ0) is 19.7. The summed E-state index contributed by atoms with van der Waals surface area (Å²) in [7, 11) is 0. The standard InChI is InChI=1S/C21H22ClN5O/c1-14(2)18-7-9-24-21(25-18)27-12-10-26(11-13-27)20(28)16-5-6-17(22)15-4-3-8-23-19(15)16/h3-9,14H,10-13H2,1-2H3. The van der Waals surface area contributed by atoms with Crippen LogP contribution in [-0.4, -0.2) is 51.9 Å². The van der Waals surface area contributed by atoms with E-state index in [1.807, 2.05) is 23.1 Å². The molecule has 0 aliphatic carbocycles. The van der Waals surface area contributed by atoms with Crippen LogP contribution in [0.1, 0.15) is 35.8 Å². The van der Waals surface area contributed by atoms with Crippen LogP contribution in [0, 0.1) is 0 Å². The third-order valence-electron chi connectivity index (χ3n) is 5.05. The maximum atomic E-state index is 13.1. The molecule has 6 nitrogen and oxygen atoms in total.